The molecule has 1 heterocycles. The quantitative estimate of drug-likeness (QED) is 0.428. The van der Waals surface area contributed by atoms with Crippen molar-refractivity contribution >= 4 is 33.2 Å². The first-order valence-corrected chi connectivity index (χ1v) is 11.4. The van der Waals surface area contributed by atoms with Gasteiger partial charge in [-0.15, -0.1) is 0 Å². The van der Waals surface area contributed by atoms with Gasteiger partial charge in [-0.25, -0.2) is 18.3 Å². The Hall–Kier alpha value is -3.61. The lowest BCUT2D eigenvalue weighted by Gasteiger charge is -2.38. The van der Waals surface area contributed by atoms with Crippen molar-refractivity contribution in [3.63, 3.8) is 0 Å². The molecule has 1 aliphatic rings. The minimum atomic E-state index is -6.26. The van der Waals surface area contributed by atoms with E-state index in [4.69, 9.17) is 14.2 Å². The number of esters is 2. The van der Waals surface area contributed by atoms with Crippen LogP contribution in [0.3, 0.4) is 0 Å². The molecular formula is C22H19F4NO7S. The molecule has 3 rings (SSSR count). The van der Waals surface area contributed by atoms with Crippen LogP contribution in [0, 0.1) is 5.82 Å². The topological polar surface area (TPSA) is 99.2 Å². The van der Waals surface area contributed by atoms with Crippen LogP contribution in [0.25, 0.3) is 5.57 Å². The van der Waals surface area contributed by atoms with E-state index in [9.17, 15) is 35.6 Å². The number of methoxy groups -OCH3 is 2. The Balaban J connectivity index is 2.55. The van der Waals surface area contributed by atoms with Crippen LogP contribution in [-0.2, 0) is 29.1 Å². The zero-order valence-corrected chi connectivity index (χ0v) is 19.4. The normalized spacial score (nSPS) is 16.0. The van der Waals surface area contributed by atoms with E-state index in [0.29, 0.717) is 0 Å². The largest absolute Gasteiger partial charge is 0.516 e. The third-order valence-electron chi connectivity index (χ3n) is 5.09. The van der Waals surface area contributed by atoms with Crippen molar-refractivity contribution in [2.24, 2.45) is 0 Å². The van der Waals surface area contributed by atoms with Crippen LogP contribution in [0.5, 0.6) is 5.75 Å². The lowest BCUT2D eigenvalue weighted by Crippen LogP contribution is -2.54. The van der Waals surface area contributed by atoms with Gasteiger partial charge in [-0.1, -0.05) is 12.1 Å². The molecule has 188 valence electrons. The summed E-state index contributed by atoms with van der Waals surface area (Å²) in [5, 5.41) is 0. The van der Waals surface area contributed by atoms with Gasteiger partial charge in [0.1, 0.15) is 11.6 Å². The molecule has 0 aromatic heterocycles. The first-order chi connectivity index (χ1) is 16.4. The summed E-state index contributed by atoms with van der Waals surface area (Å²) in [6, 6.07) is 5.60. The number of fused-ring (bicyclic) bond motifs is 1. The summed E-state index contributed by atoms with van der Waals surface area (Å²) >= 11 is 0. The van der Waals surface area contributed by atoms with E-state index in [1.165, 1.54) is 38.3 Å². The monoisotopic (exact) mass is 517 g/mol. The molecule has 0 radical (unpaired) electrons. The molecule has 2 aromatic rings. The molecule has 13 heteroatoms. The third kappa shape index (κ3) is 4.55. The highest BCUT2D eigenvalue weighted by atomic mass is 32.2. The van der Waals surface area contributed by atoms with E-state index < -0.39 is 50.6 Å². The van der Waals surface area contributed by atoms with E-state index in [-0.39, 0.29) is 33.4 Å². The van der Waals surface area contributed by atoms with Crippen LogP contribution in [0.15, 0.2) is 48.0 Å². The molecular weight excluding hydrogens is 498 g/mol. The highest BCUT2D eigenvalue weighted by Gasteiger charge is 2.57. The van der Waals surface area contributed by atoms with E-state index >= 15 is 0 Å². The first-order valence-electron chi connectivity index (χ1n) is 9.93. The predicted octanol–water partition coefficient (Wildman–Crippen LogP) is 3.41. The fraction of sp³-hybridized carbons (Fsp3) is 0.273. The maximum absolute atomic E-state index is 13.8. The number of hydrogen-bond acceptors (Lipinski definition) is 7. The highest BCUT2D eigenvalue weighted by Crippen LogP contribution is 2.47. The number of alkyl halides is 3. The SMILES string of the molecule is CCOC(=O)[C@@H]1C(C(=O)OC)=C(c2ccc(F)cc2)c2ccc(OC)cc2N1S(=O)(=O)C(F)(F)F. The second-order valence-electron chi connectivity index (χ2n) is 7.07. The average Bonchev–Trinajstić information content (AvgIpc) is 2.81. The Morgan fingerprint density at radius 2 is 1.69 bits per heavy atom. The Kier molecular flexibility index (Phi) is 7.11. The van der Waals surface area contributed by atoms with Gasteiger partial charge >= 0.3 is 27.5 Å². The maximum atomic E-state index is 13.8. The van der Waals surface area contributed by atoms with Crippen LogP contribution >= 0.6 is 0 Å². The Labute approximate surface area is 197 Å². The van der Waals surface area contributed by atoms with E-state index in [2.05, 4.69) is 0 Å². The molecule has 0 N–H and O–H groups in total. The number of carbonyl (C=O) groups excluding carboxylic acids is 2. The van der Waals surface area contributed by atoms with Gasteiger partial charge in [0.25, 0.3) is 0 Å². The van der Waals surface area contributed by atoms with Crippen molar-refractivity contribution in [3.8, 4) is 5.75 Å². The Bertz CT molecular complexity index is 1290. The summed E-state index contributed by atoms with van der Waals surface area (Å²) in [4.78, 5) is 25.9. The second-order valence-corrected chi connectivity index (χ2v) is 8.88. The lowest BCUT2D eigenvalue weighted by atomic mass is 9.85. The van der Waals surface area contributed by atoms with Crippen molar-refractivity contribution in [2.75, 3.05) is 25.1 Å². The zero-order chi connectivity index (χ0) is 26.1. The molecule has 1 atom stereocenters. The number of halogens is 4. The molecule has 1 aliphatic heterocycles. The van der Waals surface area contributed by atoms with E-state index in [1.807, 2.05) is 0 Å². The van der Waals surface area contributed by atoms with Crippen LogP contribution < -0.4 is 9.04 Å². The van der Waals surface area contributed by atoms with Gasteiger partial charge in [0, 0.05) is 17.2 Å². The van der Waals surface area contributed by atoms with Crippen molar-refractivity contribution in [1.82, 2.24) is 0 Å². The molecule has 2 aromatic carbocycles. The van der Waals surface area contributed by atoms with Crippen LogP contribution in [0.4, 0.5) is 23.2 Å². The average molecular weight is 517 g/mol. The molecule has 35 heavy (non-hydrogen) atoms. The van der Waals surface area contributed by atoms with Crippen molar-refractivity contribution in [1.29, 1.82) is 0 Å². The molecule has 0 saturated heterocycles. The first kappa shape index (κ1) is 26.0. The highest BCUT2D eigenvalue weighted by molar-refractivity contribution is 7.93. The number of ether oxygens (including phenoxy) is 3. The van der Waals surface area contributed by atoms with Gasteiger partial charge in [-0.05, 0) is 36.8 Å². The van der Waals surface area contributed by atoms with Gasteiger partial charge < -0.3 is 14.2 Å². The summed E-state index contributed by atoms with van der Waals surface area (Å²) in [6.07, 6.45) is 0. The van der Waals surface area contributed by atoms with Crippen molar-refractivity contribution in [2.45, 2.75) is 18.5 Å². The summed E-state index contributed by atoms with van der Waals surface area (Å²) in [6.45, 7) is 1.02. The van der Waals surface area contributed by atoms with Gasteiger partial charge in [0.05, 0.1) is 32.1 Å². The number of sulfonamides is 1. The number of hydrogen-bond donors (Lipinski definition) is 0. The molecule has 8 nitrogen and oxygen atoms in total. The van der Waals surface area contributed by atoms with Crippen LogP contribution in [-0.4, -0.2) is 52.7 Å². The van der Waals surface area contributed by atoms with E-state index in [0.717, 1.165) is 25.3 Å². The summed E-state index contributed by atoms with van der Waals surface area (Å²) in [5.74, 6) is -3.42. The van der Waals surface area contributed by atoms with Gasteiger partial charge in [0.15, 0.2) is 6.04 Å². The number of nitrogens with zero attached hydrogens (tertiary/aromatic N) is 1. The number of rotatable bonds is 6. The third-order valence-corrected chi connectivity index (χ3v) is 6.60. The number of anilines is 1. The fourth-order valence-electron chi connectivity index (χ4n) is 3.64. The molecule has 0 fully saturated rings. The predicted molar refractivity (Wildman–Crippen MR) is 115 cm³/mol. The molecule has 0 bridgehead atoms. The van der Waals surface area contributed by atoms with Crippen molar-refractivity contribution < 1.29 is 49.8 Å². The lowest BCUT2D eigenvalue weighted by molar-refractivity contribution is -0.146. The number of carbonyl (C=O) groups is 2. The minimum absolute atomic E-state index is 0.0336. The molecule has 0 aliphatic carbocycles. The standard InChI is InChI=1S/C22H19F4NO7S/c1-4-34-21(29)19-18(20(28)33-3)17(12-5-7-13(23)8-6-12)15-10-9-14(32-2)11-16(15)27(19)35(30,31)22(24,25)26/h5-11,19H,4H2,1-3H3/t19-/m0/s1. The molecule has 0 saturated carbocycles. The Morgan fingerprint density at radius 3 is 2.20 bits per heavy atom. The van der Waals surface area contributed by atoms with Crippen LogP contribution in [0.2, 0.25) is 0 Å². The zero-order valence-electron chi connectivity index (χ0n) is 18.6. The minimum Gasteiger partial charge on any atom is -0.497 e. The summed E-state index contributed by atoms with van der Waals surface area (Å²) in [7, 11) is -4.15. The molecule has 0 spiro atoms. The van der Waals surface area contributed by atoms with Gasteiger partial charge in [0.2, 0.25) is 0 Å². The molecule has 0 amide bonds. The fourth-order valence-corrected chi connectivity index (χ4v) is 4.74. The Morgan fingerprint density at radius 1 is 1.06 bits per heavy atom. The maximum Gasteiger partial charge on any atom is 0.516 e. The smallest absolute Gasteiger partial charge is 0.497 e. The van der Waals surface area contributed by atoms with Gasteiger partial charge in [-0.2, -0.15) is 21.6 Å². The number of benzene rings is 2. The van der Waals surface area contributed by atoms with Gasteiger partial charge in [-0.3, -0.25) is 0 Å². The molecule has 0 unspecified atom stereocenters. The summed E-state index contributed by atoms with van der Waals surface area (Å²) < 4.78 is 95.0. The second kappa shape index (κ2) is 9.56. The van der Waals surface area contributed by atoms with E-state index in [1.54, 1.807) is 0 Å². The summed E-state index contributed by atoms with van der Waals surface area (Å²) in [5.41, 5.74) is -7.40. The van der Waals surface area contributed by atoms with Crippen molar-refractivity contribution in [3.05, 3.63) is 65.0 Å². The van der Waals surface area contributed by atoms with Crippen LogP contribution in [0.1, 0.15) is 18.1 Å².